The molecule has 0 atom stereocenters. The molecule has 0 unspecified atom stereocenters. The largest absolute Gasteiger partial charge is 0.394 e. The highest BCUT2D eigenvalue weighted by Crippen LogP contribution is 2.34. The lowest BCUT2D eigenvalue weighted by Gasteiger charge is -2.35. The quantitative estimate of drug-likeness (QED) is 0.387. The molecule has 0 bridgehead atoms. The van der Waals surface area contributed by atoms with Crippen molar-refractivity contribution in [3.63, 3.8) is 0 Å². The van der Waals surface area contributed by atoms with Gasteiger partial charge in [0.2, 0.25) is 0 Å². The van der Waals surface area contributed by atoms with E-state index in [1.807, 2.05) is 13.8 Å². The van der Waals surface area contributed by atoms with Crippen molar-refractivity contribution in [2.45, 2.75) is 45.7 Å². The van der Waals surface area contributed by atoms with Crippen molar-refractivity contribution in [1.29, 1.82) is 5.26 Å². The fourth-order valence-corrected chi connectivity index (χ4v) is 4.44. The number of anilines is 1. The maximum absolute atomic E-state index is 14.4. The number of aromatic nitrogens is 2. The molecule has 0 aromatic carbocycles. The van der Waals surface area contributed by atoms with E-state index in [2.05, 4.69) is 22.5 Å². The lowest BCUT2D eigenvalue weighted by molar-refractivity contribution is -0.127. The second-order valence-electron chi connectivity index (χ2n) is 7.95. The van der Waals surface area contributed by atoms with E-state index in [-0.39, 0.29) is 28.6 Å². The summed E-state index contributed by atoms with van der Waals surface area (Å²) < 4.78 is 54.2. The SMILES string of the molecule is C=C/C=C(F)\C(CC)=C(/C)C1CCN(c2ccn3c(CC(F)(F)F)cnc3c2C#N)CC1. The predicted octanol–water partition coefficient (Wildman–Crippen LogP) is 6.29. The van der Waals surface area contributed by atoms with Gasteiger partial charge in [-0.1, -0.05) is 25.2 Å². The summed E-state index contributed by atoms with van der Waals surface area (Å²) in [6.45, 7) is 8.77. The maximum atomic E-state index is 14.4. The number of allylic oxidation sites excluding steroid dienone is 5. The molecule has 1 aliphatic rings. The Balaban J connectivity index is 1.84. The molecule has 2 aromatic rings. The van der Waals surface area contributed by atoms with Crippen LogP contribution in [0.4, 0.5) is 23.2 Å². The van der Waals surface area contributed by atoms with Gasteiger partial charge in [0.05, 0.1) is 17.8 Å². The van der Waals surface area contributed by atoms with Gasteiger partial charge in [0.1, 0.15) is 17.5 Å². The summed E-state index contributed by atoms with van der Waals surface area (Å²) in [7, 11) is 0. The monoisotopic (exact) mass is 446 g/mol. The molecule has 0 N–H and O–H groups in total. The van der Waals surface area contributed by atoms with Crippen molar-refractivity contribution in [3.05, 3.63) is 65.4 Å². The minimum absolute atomic E-state index is 0.00304. The van der Waals surface area contributed by atoms with Gasteiger partial charge in [-0.15, -0.1) is 0 Å². The van der Waals surface area contributed by atoms with Crippen molar-refractivity contribution < 1.29 is 17.6 Å². The van der Waals surface area contributed by atoms with Crippen LogP contribution in [-0.2, 0) is 6.42 Å². The molecule has 0 amide bonds. The molecule has 1 saturated heterocycles. The Hall–Kier alpha value is -3.08. The molecule has 4 nitrogen and oxygen atoms in total. The molecule has 3 heterocycles. The summed E-state index contributed by atoms with van der Waals surface area (Å²) in [4.78, 5) is 6.15. The Morgan fingerprint density at radius 2 is 2.03 bits per heavy atom. The van der Waals surface area contributed by atoms with Crippen LogP contribution in [0.15, 0.2) is 54.2 Å². The zero-order chi connectivity index (χ0) is 23.5. The smallest absolute Gasteiger partial charge is 0.370 e. The first-order valence-corrected chi connectivity index (χ1v) is 10.6. The molecule has 0 spiro atoms. The summed E-state index contributed by atoms with van der Waals surface area (Å²) in [5, 5.41) is 9.73. The van der Waals surface area contributed by atoms with Gasteiger partial charge in [0.25, 0.3) is 0 Å². The predicted molar refractivity (Wildman–Crippen MR) is 117 cm³/mol. The van der Waals surface area contributed by atoms with Crippen LogP contribution in [0.1, 0.15) is 44.4 Å². The fraction of sp³-hybridized carbons (Fsp3) is 0.417. The van der Waals surface area contributed by atoms with Crippen LogP contribution >= 0.6 is 0 Å². The zero-order valence-electron chi connectivity index (χ0n) is 18.2. The lowest BCUT2D eigenvalue weighted by atomic mass is 9.85. The molecule has 2 aromatic heterocycles. The number of piperidine rings is 1. The van der Waals surface area contributed by atoms with Crippen molar-refractivity contribution in [2.75, 3.05) is 18.0 Å². The first-order chi connectivity index (χ1) is 15.2. The lowest BCUT2D eigenvalue weighted by Crippen LogP contribution is -2.34. The van der Waals surface area contributed by atoms with Crippen molar-refractivity contribution in [3.8, 4) is 6.07 Å². The molecule has 8 heteroatoms. The Kier molecular flexibility index (Phi) is 7.07. The number of nitriles is 1. The van der Waals surface area contributed by atoms with Gasteiger partial charge in [0.15, 0.2) is 5.65 Å². The van der Waals surface area contributed by atoms with E-state index in [1.165, 1.54) is 22.7 Å². The van der Waals surface area contributed by atoms with Gasteiger partial charge in [0, 0.05) is 25.5 Å². The van der Waals surface area contributed by atoms with Crippen molar-refractivity contribution in [2.24, 2.45) is 5.92 Å². The summed E-state index contributed by atoms with van der Waals surface area (Å²) in [5.74, 6) is -0.0298. The number of hydrogen-bond donors (Lipinski definition) is 0. The van der Waals surface area contributed by atoms with Crippen LogP contribution in [0.2, 0.25) is 0 Å². The molecule has 1 aliphatic heterocycles. The van der Waals surface area contributed by atoms with Crippen LogP contribution in [0.3, 0.4) is 0 Å². The molecule has 1 fully saturated rings. The number of rotatable bonds is 6. The fourth-order valence-electron chi connectivity index (χ4n) is 4.44. The topological polar surface area (TPSA) is 44.3 Å². The molecule has 0 aliphatic carbocycles. The number of alkyl halides is 3. The molecular formula is C24H26F4N4. The van der Waals surface area contributed by atoms with Crippen molar-refractivity contribution in [1.82, 2.24) is 9.38 Å². The Bertz CT molecular complexity index is 1090. The zero-order valence-corrected chi connectivity index (χ0v) is 18.2. The van der Waals surface area contributed by atoms with Crippen LogP contribution in [0, 0.1) is 17.2 Å². The second-order valence-corrected chi connectivity index (χ2v) is 7.95. The van der Waals surface area contributed by atoms with E-state index >= 15 is 0 Å². The van der Waals surface area contributed by atoms with Crippen molar-refractivity contribution >= 4 is 11.3 Å². The average Bonchev–Trinajstić information content (AvgIpc) is 3.15. The van der Waals surface area contributed by atoms with Gasteiger partial charge in [-0.2, -0.15) is 18.4 Å². The van der Waals surface area contributed by atoms with E-state index < -0.39 is 12.6 Å². The Labute approximate surface area is 185 Å². The minimum Gasteiger partial charge on any atom is -0.370 e. The maximum Gasteiger partial charge on any atom is 0.394 e. The van der Waals surface area contributed by atoms with E-state index in [1.54, 1.807) is 12.3 Å². The van der Waals surface area contributed by atoms with Gasteiger partial charge >= 0.3 is 6.18 Å². The Morgan fingerprint density at radius 3 is 2.59 bits per heavy atom. The molecular weight excluding hydrogens is 420 g/mol. The summed E-state index contributed by atoms with van der Waals surface area (Å²) >= 11 is 0. The Morgan fingerprint density at radius 1 is 1.34 bits per heavy atom. The third-order valence-corrected chi connectivity index (χ3v) is 6.06. The van der Waals surface area contributed by atoms with Crippen LogP contribution in [-0.4, -0.2) is 28.7 Å². The molecule has 0 saturated carbocycles. The van der Waals surface area contributed by atoms with E-state index in [0.717, 1.165) is 18.4 Å². The number of hydrogen-bond acceptors (Lipinski definition) is 3. The molecule has 0 radical (unpaired) electrons. The molecule has 170 valence electrons. The van der Waals surface area contributed by atoms with Crippen LogP contribution < -0.4 is 4.90 Å². The third kappa shape index (κ3) is 4.87. The normalized spacial score (nSPS) is 16.8. The van der Waals surface area contributed by atoms with Gasteiger partial charge in [-0.05, 0) is 49.8 Å². The number of imidazole rings is 1. The number of nitrogens with zero attached hydrogens (tertiary/aromatic N) is 4. The summed E-state index contributed by atoms with van der Waals surface area (Å²) in [6, 6.07) is 3.80. The number of halogens is 4. The highest BCUT2D eigenvalue weighted by atomic mass is 19.4. The molecule has 3 rings (SSSR count). The van der Waals surface area contributed by atoms with E-state index in [9.17, 15) is 22.8 Å². The first kappa shape index (κ1) is 23.6. The molecule has 32 heavy (non-hydrogen) atoms. The van der Waals surface area contributed by atoms with Crippen LogP contribution in [0.25, 0.3) is 5.65 Å². The number of pyridine rings is 1. The summed E-state index contributed by atoms with van der Waals surface area (Å²) in [5.41, 5.74) is 2.89. The van der Waals surface area contributed by atoms with Gasteiger partial charge < -0.3 is 9.30 Å². The first-order valence-electron chi connectivity index (χ1n) is 10.6. The van der Waals surface area contributed by atoms with E-state index in [4.69, 9.17) is 0 Å². The standard InChI is InChI=1S/C24H26F4N4/c1-4-6-21(25)19(5-2)16(3)17-7-10-31(11-8-17)22-9-12-32-18(13-24(26,27)28)15-30-23(32)20(22)14-29/h4,6,9,12,15,17H,1,5,7-8,10-11,13H2,2-3H3/b19-16+,21-6+. The highest BCUT2D eigenvalue weighted by molar-refractivity contribution is 5.71. The van der Waals surface area contributed by atoms with Gasteiger partial charge in [-0.3, -0.25) is 0 Å². The second kappa shape index (κ2) is 9.60. The van der Waals surface area contributed by atoms with Gasteiger partial charge in [-0.25, -0.2) is 9.37 Å². The summed E-state index contributed by atoms with van der Waals surface area (Å²) in [6.07, 6.45) is 2.25. The average molecular weight is 446 g/mol. The third-order valence-electron chi connectivity index (χ3n) is 6.06. The highest BCUT2D eigenvalue weighted by Gasteiger charge is 2.30. The minimum atomic E-state index is -4.35. The number of fused-ring (bicyclic) bond motifs is 1. The van der Waals surface area contributed by atoms with Crippen LogP contribution in [0.5, 0.6) is 0 Å². The van der Waals surface area contributed by atoms with E-state index in [0.29, 0.717) is 30.8 Å².